The average molecular weight is 280 g/mol. The van der Waals surface area contributed by atoms with E-state index in [4.69, 9.17) is 0 Å². The minimum absolute atomic E-state index is 0.0135. The van der Waals surface area contributed by atoms with E-state index in [9.17, 15) is 4.79 Å². The third-order valence-electron chi connectivity index (χ3n) is 4.23. The lowest BCUT2D eigenvalue weighted by atomic mass is 9.77. The van der Waals surface area contributed by atoms with E-state index in [1.54, 1.807) is 0 Å². The number of benzene rings is 2. The molecule has 1 amide bonds. The van der Waals surface area contributed by atoms with Gasteiger partial charge in [0.15, 0.2) is 0 Å². The number of hydrogen-bond acceptors (Lipinski definition) is 2. The summed E-state index contributed by atoms with van der Waals surface area (Å²) >= 11 is 0. The van der Waals surface area contributed by atoms with Gasteiger partial charge >= 0.3 is 0 Å². The number of amides is 1. The highest BCUT2D eigenvalue weighted by atomic mass is 16.1. The van der Waals surface area contributed by atoms with Crippen LogP contribution in [0.5, 0.6) is 0 Å². The van der Waals surface area contributed by atoms with E-state index >= 15 is 0 Å². The lowest BCUT2D eigenvalue weighted by Crippen LogP contribution is -2.33. The predicted octanol–water partition coefficient (Wildman–Crippen LogP) is 3.11. The van der Waals surface area contributed by atoms with E-state index in [-0.39, 0.29) is 5.91 Å². The first-order chi connectivity index (χ1) is 10.2. The van der Waals surface area contributed by atoms with Gasteiger partial charge in [-0.1, -0.05) is 24.3 Å². The van der Waals surface area contributed by atoms with Crippen molar-refractivity contribution in [3.63, 3.8) is 0 Å². The van der Waals surface area contributed by atoms with Crippen LogP contribution in [0, 0.1) is 6.92 Å². The molecule has 3 heteroatoms. The van der Waals surface area contributed by atoms with Crippen molar-refractivity contribution in [3.05, 3.63) is 64.7 Å². The fourth-order valence-corrected chi connectivity index (χ4v) is 2.93. The van der Waals surface area contributed by atoms with E-state index in [1.807, 2.05) is 32.2 Å². The number of carbonyl (C=O) groups is 1. The summed E-state index contributed by atoms with van der Waals surface area (Å²) < 4.78 is 0. The SMILES string of the molecule is CNc1ccc(C(=O)NCC2Cc3ccccc32)c(C)c1. The van der Waals surface area contributed by atoms with Crippen molar-refractivity contribution in [2.45, 2.75) is 19.3 Å². The highest BCUT2D eigenvalue weighted by Crippen LogP contribution is 2.34. The van der Waals surface area contributed by atoms with E-state index in [1.165, 1.54) is 11.1 Å². The zero-order valence-corrected chi connectivity index (χ0v) is 12.4. The van der Waals surface area contributed by atoms with Crippen LogP contribution >= 0.6 is 0 Å². The van der Waals surface area contributed by atoms with E-state index in [0.717, 1.165) is 23.2 Å². The quantitative estimate of drug-likeness (QED) is 0.903. The monoisotopic (exact) mass is 280 g/mol. The van der Waals surface area contributed by atoms with Crippen molar-refractivity contribution in [1.82, 2.24) is 5.32 Å². The summed E-state index contributed by atoms with van der Waals surface area (Å²) in [4.78, 5) is 12.3. The van der Waals surface area contributed by atoms with Gasteiger partial charge in [-0.2, -0.15) is 0 Å². The van der Waals surface area contributed by atoms with Crippen LogP contribution in [-0.4, -0.2) is 19.5 Å². The van der Waals surface area contributed by atoms with E-state index in [2.05, 4.69) is 34.9 Å². The Bertz CT molecular complexity index is 679. The van der Waals surface area contributed by atoms with E-state index < -0.39 is 0 Å². The number of aryl methyl sites for hydroxylation is 1. The second-order valence-electron chi connectivity index (χ2n) is 5.59. The standard InChI is InChI=1S/C18H20N2O/c1-12-9-15(19-2)7-8-16(12)18(21)20-11-14-10-13-5-3-4-6-17(13)14/h3-9,14,19H,10-11H2,1-2H3,(H,20,21). The molecule has 1 aliphatic rings. The van der Waals surface area contributed by atoms with Crippen molar-refractivity contribution < 1.29 is 4.79 Å². The Morgan fingerprint density at radius 3 is 2.76 bits per heavy atom. The Labute approximate surface area is 125 Å². The van der Waals surface area contributed by atoms with Crippen LogP contribution < -0.4 is 10.6 Å². The fraction of sp³-hybridized carbons (Fsp3) is 0.278. The van der Waals surface area contributed by atoms with Crippen LogP contribution in [-0.2, 0) is 6.42 Å². The zero-order chi connectivity index (χ0) is 14.8. The first-order valence-electron chi connectivity index (χ1n) is 7.33. The van der Waals surface area contributed by atoms with Gasteiger partial charge in [-0.15, -0.1) is 0 Å². The highest BCUT2D eigenvalue weighted by molar-refractivity contribution is 5.96. The van der Waals surface area contributed by atoms with Crippen molar-refractivity contribution in [2.75, 3.05) is 18.9 Å². The van der Waals surface area contributed by atoms with Crippen LogP contribution in [0.2, 0.25) is 0 Å². The number of anilines is 1. The molecule has 1 aliphatic carbocycles. The summed E-state index contributed by atoms with van der Waals surface area (Å²) in [5, 5.41) is 6.14. The van der Waals surface area contributed by atoms with Crippen molar-refractivity contribution >= 4 is 11.6 Å². The molecular weight excluding hydrogens is 260 g/mol. The molecule has 108 valence electrons. The Morgan fingerprint density at radius 2 is 2.05 bits per heavy atom. The maximum Gasteiger partial charge on any atom is 0.251 e. The molecule has 3 rings (SSSR count). The predicted molar refractivity (Wildman–Crippen MR) is 85.9 cm³/mol. The molecule has 2 aromatic rings. The minimum Gasteiger partial charge on any atom is -0.388 e. The molecule has 0 aliphatic heterocycles. The van der Waals surface area contributed by atoms with Gasteiger partial charge in [0, 0.05) is 30.8 Å². The highest BCUT2D eigenvalue weighted by Gasteiger charge is 2.25. The zero-order valence-electron chi connectivity index (χ0n) is 12.4. The molecule has 1 unspecified atom stereocenters. The molecule has 0 aromatic heterocycles. The molecule has 0 radical (unpaired) electrons. The van der Waals surface area contributed by atoms with Crippen LogP contribution in [0.4, 0.5) is 5.69 Å². The second kappa shape index (κ2) is 5.60. The first-order valence-corrected chi connectivity index (χ1v) is 7.33. The third-order valence-corrected chi connectivity index (χ3v) is 4.23. The average Bonchev–Trinajstić information content (AvgIpc) is 2.47. The van der Waals surface area contributed by atoms with Gasteiger partial charge in [-0.05, 0) is 48.2 Å². The molecule has 0 saturated carbocycles. The smallest absolute Gasteiger partial charge is 0.251 e. The molecular formula is C18H20N2O. The molecule has 0 fully saturated rings. The van der Waals surface area contributed by atoms with E-state index in [0.29, 0.717) is 12.5 Å². The Balaban J connectivity index is 1.63. The van der Waals surface area contributed by atoms with Gasteiger partial charge in [0.2, 0.25) is 0 Å². The molecule has 0 spiro atoms. The van der Waals surface area contributed by atoms with Gasteiger partial charge in [-0.3, -0.25) is 4.79 Å². The number of carbonyl (C=O) groups excluding carboxylic acids is 1. The summed E-state index contributed by atoms with van der Waals surface area (Å²) in [7, 11) is 1.88. The molecule has 3 nitrogen and oxygen atoms in total. The summed E-state index contributed by atoms with van der Waals surface area (Å²) in [6, 6.07) is 14.3. The lowest BCUT2D eigenvalue weighted by molar-refractivity contribution is 0.0949. The topological polar surface area (TPSA) is 41.1 Å². The Morgan fingerprint density at radius 1 is 1.24 bits per heavy atom. The van der Waals surface area contributed by atoms with Crippen LogP contribution in [0.1, 0.15) is 33.0 Å². The second-order valence-corrected chi connectivity index (χ2v) is 5.59. The summed E-state index contributed by atoms with van der Waals surface area (Å²) in [5.74, 6) is 0.474. The molecule has 0 bridgehead atoms. The fourth-order valence-electron chi connectivity index (χ4n) is 2.93. The number of nitrogens with one attached hydrogen (secondary N) is 2. The number of rotatable bonds is 4. The van der Waals surface area contributed by atoms with Crippen molar-refractivity contribution in [3.8, 4) is 0 Å². The summed E-state index contributed by atoms with van der Waals surface area (Å²) in [5.41, 5.74) is 5.55. The van der Waals surface area contributed by atoms with Crippen LogP contribution in [0.3, 0.4) is 0 Å². The summed E-state index contributed by atoms with van der Waals surface area (Å²) in [6.45, 7) is 2.68. The molecule has 21 heavy (non-hydrogen) atoms. The number of hydrogen-bond donors (Lipinski definition) is 2. The lowest BCUT2D eigenvalue weighted by Gasteiger charge is -2.30. The molecule has 0 heterocycles. The normalized spacial score (nSPS) is 15.8. The first kappa shape index (κ1) is 13.7. The molecule has 0 saturated heterocycles. The van der Waals surface area contributed by atoms with Gasteiger partial charge in [-0.25, -0.2) is 0 Å². The third kappa shape index (κ3) is 2.64. The molecule has 1 atom stereocenters. The maximum absolute atomic E-state index is 12.3. The van der Waals surface area contributed by atoms with Gasteiger partial charge in [0.25, 0.3) is 5.91 Å². The Hall–Kier alpha value is -2.29. The van der Waals surface area contributed by atoms with Crippen molar-refractivity contribution in [2.24, 2.45) is 0 Å². The van der Waals surface area contributed by atoms with Crippen LogP contribution in [0.25, 0.3) is 0 Å². The van der Waals surface area contributed by atoms with Gasteiger partial charge < -0.3 is 10.6 Å². The van der Waals surface area contributed by atoms with Gasteiger partial charge in [0.1, 0.15) is 0 Å². The maximum atomic E-state index is 12.3. The van der Waals surface area contributed by atoms with Crippen LogP contribution in [0.15, 0.2) is 42.5 Å². The summed E-state index contributed by atoms with van der Waals surface area (Å²) in [6.07, 6.45) is 1.06. The Kier molecular flexibility index (Phi) is 3.65. The molecule has 2 N–H and O–H groups in total. The van der Waals surface area contributed by atoms with Gasteiger partial charge in [0.05, 0.1) is 0 Å². The van der Waals surface area contributed by atoms with Crippen molar-refractivity contribution in [1.29, 1.82) is 0 Å². The molecule has 2 aromatic carbocycles. The minimum atomic E-state index is 0.0135. The number of fused-ring (bicyclic) bond motifs is 1. The largest absolute Gasteiger partial charge is 0.388 e.